The average Bonchev–Trinajstić information content (AvgIpc) is 3.76. The van der Waals surface area contributed by atoms with Crippen molar-refractivity contribution in [1.82, 2.24) is 35.2 Å². The number of nitrogens with one attached hydrogen (secondary N) is 2. The molecule has 0 bridgehead atoms. The molecule has 1 aromatic heterocycles. The van der Waals surface area contributed by atoms with E-state index < -0.39 is 35.1 Å². The summed E-state index contributed by atoms with van der Waals surface area (Å²) in [7, 11) is 0. The molecule has 2 aromatic rings. The number of amides is 5. The fraction of sp³-hybridized carbons (Fsp3) is 0.659. The van der Waals surface area contributed by atoms with E-state index in [1.165, 1.54) is 4.90 Å². The third kappa shape index (κ3) is 11.5. The number of benzene rings is 1. The highest BCUT2D eigenvalue weighted by Crippen LogP contribution is 2.29. The van der Waals surface area contributed by atoms with Crippen LogP contribution in [0.15, 0.2) is 29.8 Å². The first-order valence-corrected chi connectivity index (χ1v) is 20.8. The van der Waals surface area contributed by atoms with Gasteiger partial charge in [-0.15, -0.1) is 11.3 Å². The molecule has 5 rings (SSSR count). The number of carbonyl (C=O) groups is 5. The van der Waals surface area contributed by atoms with E-state index in [0.29, 0.717) is 38.6 Å². The van der Waals surface area contributed by atoms with Gasteiger partial charge in [-0.3, -0.25) is 24.1 Å². The van der Waals surface area contributed by atoms with Gasteiger partial charge in [0.25, 0.3) is 0 Å². The second kappa shape index (κ2) is 18.5. The van der Waals surface area contributed by atoms with Gasteiger partial charge in [-0.2, -0.15) is 0 Å². The van der Waals surface area contributed by atoms with Gasteiger partial charge in [0.15, 0.2) is 0 Å². The number of piperazine rings is 1. The molecular weight excluding hydrogens is 735 g/mol. The highest BCUT2D eigenvalue weighted by Gasteiger charge is 2.44. The van der Waals surface area contributed by atoms with Crippen LogP contribution in [0.5, 0.6) is 0 Å². The summed E-state index contributed by atoms with van der Waals surface area (Å²) in [5.74, 6) is -1.12. The van der Waals surface area contributed by atoms with Crippen LogP contribution in [-0.2, 0) is 30.5 Å². The molecule has 0 aliphatic carbocycles. The summed E-state index contributed by atoms with van der Waals surface area (Å²) in [6, 6.07) is 6.44. The molecular formula is C41H61N7O7S. The number of piperidine rings is 1. The smallest absolute Gasteiger partial charge is 0.410 e. The topological polar surface area (TPSA) is 165 Å². The molecule has 1 aromatic carbocycles. The van der Waals surface area contributed by atoms with Gasteiger partial charge < -0.3 is 35.2 Å². The fourth-order valence-electron chi connectivity index (χ4n) is 7.65. The monoisotopic (exact) mass is 795 g/mol. The van der Waals surface area contributed by atoms with Gasteiger partial charge in [0.1, 0.15) is 17.7 Å². The molecule has 3 atom stereocenters. The van der Waals surface area contributed by atoms with Crippen molar-refractivity contribution in [2.45, 2.75) is 123 Å². The number of ether oxygens (including phenoxy) is 1. The summed E-state index contributed by atoms with van der Waals surface area (Å²) >= 11 is 1.57. The summed E-state index contributed by atoms with van der Waals surface area (Å²) in [6.07, 6.45) is 1.37. The van der Waals surface area contributed by atoms with Crippen molar-refractivity contribution in [2.75, 3.05) is 45.8 Å². The molecule has 0 saturated carbocycles. The van der Waals surface area contributed by atoms with Crippen LogP contribution in [0.4, 0.5) is 4.79 Å². The molecule has 3 N–H and O–H groups in total. The van der Waals surface area contributed by atoms with Crippen molar-refractivity contribution in [3.63, 3.8) is 0 Å². The lowest BCUT2D eigenvalue weighted by Crippen LogP contribution is -2.57. The molecule has 5 amide bonds. The van der Waals surface area contributed by atoms with Crippen LogP contribution in [0.2, 0.25) is 0 Å². The van der Waals surface area contributed by atoms with Crippen LogP contribution in [0.25, 0.3) is 10.4 Å². The lowest BCUT2D eigenvalue weighted by atomic mass is 9.85. The van der Waals surface area contributed by atoms with Crippen LogP contribution in [0.1, 0.15) is 91.3 Å². The molecule has 56 heavy (non-hydrogen) atoms. The molecule has 0 spiro atoms. The van der Waals surface area contributed by atoms with Crippen molar-refractivity contribution in [3.05, 3.63) is 41.0 Å². The van der Waals surface area contributed by atoms with Crippen molar-refractivity contribution >= 4 is 41.1 Å². The standard InChI is InChI=1S/C41H61N7O7S/c1-27-35(56-26-43-27)29-13-11-28(12-14-29)24-42-37(52)32-23-31(49)25-48(32)38(53)36(40(2,3)4)44-33(50)9-8-10-34(51)46-21-19-45(20-22-46)30-15-17-47(18-16-30)39(54)55-41(5,6)7/h11-14,26,30-32,36,49H,8-10,15-25H2,1-7H3,(H,42,52)(H,44,50)/t31-,32?,36-/m1/s1. The number of aromatic nitrogens is 1. The lowest BCUT2D eigenvalue weighted by Gasteiger charge is -2.42. The van der Waals surface area contributed by atoms with E-state index in [9.17, 15) is 29.1 Å². The predicted octanol–water partition coefficient (Wildman–Crippen LogP) is 3.94. The van der Waals surface area contributed by atoms with Gasteiger partial charge in [-0.1, -0.05) is 45.0 Å². The van der Waals surface area contributed by atoms with Crippen LogP contribution < -0.4 is 10.6 Å². The lowest BCUT2D eigenvalue weighted by molar-refractivity contribution is -0.144. The molecule has 15 heteroatoms. The number of thiazole rings is 1. The SMILES string of the molecule is Cc1ncsc1-c1ccc(CNC(=O)C2C[C@@H](O)CN2C(=O)[C@@H](NC(=O)CCCC(=O)N2CCN(C3CCN(C(=O)OC(C)(C)C)CC3)CC2)C(C)(C)C)cc1. The molecule has 14 nitrogen and oxygen atoms in total. The third-order valence-electron chi connectivity index (χ3n) is 10.8. The summed E-state index contributed by atoms with van der Waals surface area (Å²) in [6.45, 7) is 17.5. The highest BCUT2D eigenvalue weighted by atomic mass is 32.1. The minimum atomic E-state index is -0.932. The number of rotatable bonds is 11. The molecule has 3 saturated heterocycles. The molecule has 308 valence electrons. The van der Waals surface area contributed by atoms with Gasteiger partial charge in [0.2, 0.25) is 23.6 Å². The molecule has 3 aliphatic heterocycles. The quantitative estimate of drug-likeness (QED) is 0.306. The number of carbonyl (C=O) groups excluding carboxylic acids is 5. The zero-order chi connectivity index (χ0) is 40.8. The Labute approximate surface area is 335 Å². The Kier molecular flexibility index (Phi) is 14.2. The van der Waals surface area contributed by atoms with Gasteiger partial charge in [0.05, 0.1) is 22.2 Å². The van der Waals surface area contributed by atoms with E-state index in [1.807, 2.05) is 83.1 Å². The third-order valence-corrected chi connectivity index (χ3v) is 11.8. The Morgan fingerprint density at radius 3 is 2.18 bits per heavy atom. The molecule has 3 aliphatic rings. The van der Waals surface area contributed by atoms with Gasteiger partial charge in [-0.25, -0.2) is 9.78 Å². The number of hydrogen-bond donors (Lipinski definition) is 3. The number of nitrogens with zero attached hydrogens (tertiary/aromatic N) is 5. The minimum Gasteiger partial charge on any atom is -0.444 e. The number of β-amino-alcohol motifs (C(OH)–C–C–N with tert-alkyl or cyclic N) is 1. The summed E-state index contributed by atoms with van der Waals surface area (Å²) in [5.41, 5.74) is 3.54. The number of aryl methyl sites for hydroxylation is 1. The Morgan fingerprint density at radius 1 is 0.929 bits per heavy atom. The van der Waals surface area contributed by atoms with E-state index in [-0.39, 0.29) is 56.2 Å². The number of aliphatic hydroxyl groups excluding tert-OH is 1. The van der Waals surface area contributed by atoms with Crippen molar-refractivity contribution in [1.29, 1.82) is 0 Å². The average molecular weight is 796 g/mol. The Hall–Kier alpha value is -4.08. The van der Waals surface area contributed by atoms with Crippen LogP contribution in [0, 0.1) is 12.3 Å². The zero-order valence-electron chi connectivity index (χ0n) is 34.1. The van der Waals surface area contributed by atoms with E-state index >= 15 is 0 Å². The zero-order valence-corrected chi connectivity index (χ0v) is 35.0. The maximum absolute atomic E-state index is 14.0. The fourth-order valence-corrected chi connectivity index (χ4v) is 8.46. The van der Waals surface area contributed by atoms with Crippen LogP contribution >= 0.6 is 11.3 Å². The second-order valence-electron chi connectivity index (χ2n) is 17.4. The number of aliphatic hydroxyl groups is 1. The van der Waals surface area contributed by atoms with Gasteiger partial charge in [-0.05, 0) is 63.5 Å². The summed E-state index contributed by atoms with van der Waals surface area (Å²) < 4.78 is 5.52. The summed E-state index contributed by atoms with van der Waals surface area (Å²) in [5, 5.41) is 16.4. The normalized spacial score (nSPS) is 20.5. The minimum absolute atomic E-state index is 0.00466. The van der Waals surface area contributed by atoms with E-state index in [2.05, 4.69) is 20.5 Å². The van der Waals surface area contributed by atoms with Gasteiger partial charge >= 0.3 is 6.09 Å². The van der Waals surface area contributed by atoms with Gasteiger partial charge in [0, 0.05) is 77.7 Å². The predicted molar refractivity (Wildman–Crippen MR) is 214 cm³/mol. The highest BCUT2D eigenvalue weighted by molar-refractivity contribution is 7.13. The second-order valence-corrected chi connectivity index (χ2v) is 18.3. The molecule has 1 unspecified atom stereocenters. The van der Waals surface area contributed by atoms with Crippen molar-refractivity contribution < 1.29 is 33.8 Å². The molecule has 0 radical (unpaired) electrons. The first-order chi connectivity index (χ1) is 26.4. The maximum Gasteiger partial charge on any atom is 0.410 e. The Morgan fingerprint density at radius 2 is 1.59 bits per heavy atom. The first kappa shape index (κ1) is 43.1. The Bertz CT molecular complexity index is 1690. The molecule has 3 fully saturated rings. The van der Waals surface area contributed by atoms with E-state index in [4.69, 9.17) is 4.74 Å². The maximum atomic E-state index is 14.0. The van der Waals surface area contributed by atoms with Crippen molar-refractivity contribution in [2.24, 2.45) is 5.41 Å². The van der Waals surface area contributed by atoms with E-state index in [0.717, 1.165) is 47.6 Å². The van der Waals surface area contributed by atoms with Crippen LogP contribution in [0.3, 0.4) is 0 Å². The van der Waals surface area contributed by atoms with Crippen LogP contribution in [-0.4, -0.2) is 135 Å². The van der Waals surface area contributed by atoms with Crippen molar-refractivity contribution in [3.8, 4) is 10.4 Å². The summed E-state index contributed by atoms with van der Waals surface area (Å²) in [4.78, 5) is 79.0. The number of likely N-dealkylation sites (tertiary alicyclic amines) is 2. The Balaban J connectivity index is 1.05. The number of hydrogen-bond acceptors (Lipinski definition) is 10. The largest absolute Gasteiger partial charge is 0.444 e. The van der Waals surface area contributed by atoms with E-state index in [1.54, 1.807) is 16.2 Å². The molecule has 4 heterocycles. The first-order valence-electron chi connectivity index (χ1n) is 19.9.